The molecule has 2 aromatic rings. The molecule has 2 aromatic carbocycles. The van der Waals surface area contributed by atoms with Crippen LogP contribution < -0.4 is 4.74 Å². The van der Waals surface area contributed by atoms with Crippen molar-refractivity contribution in [1.82, 2.24) is 9.21 Å². The Morgan fingerprint density at radius 1 is 1.07 bits per heavy atom. The van der Waals surface area contributed by atoms with Gasteiger partial charge in [-0.1, -0.05) is 35.3 Å². The lowest BCUT2D eigenvalue weighted by molar-refractivity contribution is -0.387. The number of piperazine rings is 1. The Balaban J connectivity index is 1.60. The molecular weight excluding hydrogens is 457 g/mol. The standard InChI is InChI=1S/C18H17Cl2N3O6S/c19-14-6-5-13(11-15(14)20)29-12-18(24)21-7-9-22(10-8-21)30(27,28)17-4-2-1-3-16(17)23(25)26/h1-6,11H,7-10,12H2. The monoisotopic (exact) mass is 473 g/mol. The molecule has 1 heterocycles. The molecule has 1 fully saturated rings. The lowest BCUT2D eigenvalue weighted by Gasteiger charge is -2.33. The van der Waals surface area contributed by atoms with Crippen molar-refractivity contribution in [2.24, 2.45) is 0 Å². The number of carbonyl (C=O) groups is 1. The number of nitro benzene ring substituents is 1. The van der Waals surface area contributed by atoms with Gasteiger partial charge in [0.05, 0.1) is 15.0 Å². The molecule has 9 nitrogen and oxygen atoms in total. The number of hydrogen-bond acceptors (Lipinski definition) is 6. The van der Waals surface area contributed by atoms with Crippen LogP contribution in [0.15, 0.2) is 47.4 Å². The number of nitrogens with zero attached hydrogens (tertiary/aromatic N) is 3. The van der Waals surface area contributed by atoms with Gasteiger partial charge in [0.1, 0.15) is 5.75 Å². The average molecular weight is 474 g/mol. The lowest BCUT2D eigenvalue weighted by Crippen LogP contribution is -2.51. The third-order valence-electron chi connectivity index (χ3n) is 4.52. The number of benzene rings is 2. The molecular formula is C18H17Cl2N3O6S. The molecule has 0 aliphatic carbocycles. The summed E-state index contributed by atoms with van der Waals surface area (Å²) in [5, 5.41) is 11.8. The Kier molecular flexibility index (Phi) is 6.81. The zero-order valence-electron chi connectivity index (χ0n) is 15.5. The van der Waals surface area contributed by atoms with Gasteiger partial charge >= 0.3 is 0 Å². The van der Waals surface area contributed by atoms with E-state index in [0.717, 1.165) is 10.4 Å². The second-order valence-corrected chi connectivity index (χ2v) is 9.10. The highest BCUT2D eigenvalue weighted by atomic mass is 35.5. The minimum Gasteiger partial charge on any atom is -0.484 e. The Morgan fingerprint density at radius 3 is 2.37 bits per heavy atom. The molecule has 1 aliphatic rings. The minimum absolute atomic E-state index is 0.0207. The van der Waals surface area contributed by atoms with Crippen LogP contribution in [-0.2, 0) is 14.8 Å². The summed E-state index contributed by atoms with van der Waals surface area (Å²) < 4.78 is 32.2. The third kappa shape index (κ3) is 4.84. The van der Waals surface area contributed by atoms with Gasteiger partial charge in [0.15, 0.2) is 11.5 Å². The third-order valence-corrected chi connectivity index (χ3v) is 7.21. The summed E-state index contributed by atoms with van der Waals surface area (Å²) in [5.74, 6) is 0.0687. The van der Waals surface area contributed by atoms with Crippen LogP contribution in [0.1, 0.15) is 0 Å². The molecule has 1 amide bonds. The van der Waals surface area contributed by atoms with Crippen LogP contribution in [0.25, 0.3) is 0 Å². The number of rotatable bonds is 6. The number of ether oxygens (including phenoxy) is 1. The Bertz CT molecular complexity index is 1070. The molecule has 0 saturated carbocycles. The predicted molar refractivity (Wildman–Crippen MR) is 110 cm³/mol. The first-order chi connectivity index (χ1) is 14.2. The maximum atomic E-state index is 12.8. The molecule has 160 valence electrons. The molecule has 0 aromatic heterocycles. The van der Waals surface area contributed by atoms with Gasteiger partial charge in [0.2, 0.25) is 10.0 Å². The van der Waals surface area contributed by atoms with Crippen molar-refractivity contribution in [2.45, 2.75) is 4.90 Å². The van der Waals surface area contributed by atoms with Crippen molar-refractivity contribution in [3.8, 4) is 5.75 Å². The molecule has 0 unspecified atom stereocenters. The van der Waals surface area contributed by atoms with Gasteiger partial charge in [-0.25, -0.2) is 8.42 Å². The highest BCUT2D eigenvalue weighted by Crippen LogP contribution is 2.28. The van der Waals surface area contributed by atoms with Gasteiger partial charge in [-0.05, 0) is 18.2 Å². The fourth-order valence-corrected chi connectivity index (χ4v) is 4.81. The molecule has 0 bridgehead atoms. The van der Waals surface area contributed by atoms with E-state index in [2.05, 4.69) is 0 Å². The number of hydrogen-bond donors (Lipinski definition) is 0. The Morgan fingerprint density at radius 2 is 1.73 bits per heavy atom. The molecule has 0 spiro atoms. The van der Waals surface area contributed by atoms with Crippen LogP contribution in [0.3, 0.4) is 0 Å². The second kappa shape index (κ2) is 9.17. The van der Waals surface area contributed by atoms with Crippen molar-refractivity contribution in [2.75, 3.05) is 32.8 Å². The van der Waals surface area contributed by atoms with E-state index in [0.29, 0.717) is 15.8 Å². The van der Waals surface area contributed by atoms with Crippen molar-refractivity contribution in [3.63, 3.8) is 0 Å². The van der Waals surface area contributed by atoms with Crippen LogP contribution in [0.4, 0.5) is 5.69 Å². The SMILES string of the molecule is O=C(COc1ccc(Cl)c(Cl)c1)N1CCN(S(=O)(=O)c2ccccc2[N+](=O)[O-])CC1. The predicted octanol–water partition coefficient (Wildman–Crippen LogP) is 2.81. The van der Waals surface area contributed by atoms with Crippen molar-refractivity contribution < 1.29 is 22.9 Å². The maximum Gasteiger partial charge on any atom is 0.289 e. The quantitative estimate of drug-likeness (QED) is 0.471. The number of para-hydroxylation sites is 1. The molecule has 1 aliphatic heterocycles. The molecule has 0 radical (unpaired) electrons. The summed E-state index contributed by atoms with van der Waals surface area (Å²) in [7, 11) is -4.06. The van der Waals surface area contributed by atoms with E-state index in [1.165, 1.54) is 29.2 Å². The highest BCUT2D eigenvalue weighted by Gasteiger charge is 2.34. The van der Waals surface area contributed by atoms with Crippen LogP contribution in [0.5, 0.6) is 5.75 Å². The summed E-state index contributed by atoms with van der Waals surface area (Å²) in [6, 6.07) is 9.81. The normalized spacial score (nSPS) is 15.1. The summed E-state index contributed by atoms with van der Waals surface area (Å²) in [6.45, 7) is 0.0848. The minimum atomic E-state index is -4.06. The number of sulfonamides is 1. The van der Waals surface area contributed by atoms with Gasteiger partial charge in [-0.15, -0.1) is 0 Å². The average Bonchev–Trinajstić information content (AvgIpc) is 2.74. The van der Waals surface area contributed by atoms with Crippen molar-refractivity contribution >= 4 is 44.8 Å². The maximum absolute atomic E-state index is 12.8. The van der Waals surface area contributed by atoms with Gasteiger partial charge in [-0.3, -0.25) is 14.9 Å². The summed E-state index contributed by atoms with van der Waals surface area (Å²) >= 11 is 11.7. The van der Waals surface area contributed by atoms with E-state index in [1.807, 2.05) is 0 Å². The summed E-state index contributed by atoms with van der Waals surface area (Å²) in [6.07, 6.45) is 0. The second-order valence-electron chi connectivity index (χ2n) is 6.37. The molecule has 0 atom stereocenters. The van der Waals surface area contributed by atoms with Crippen LogP contribution >= 0.6 is 23.2 Å². The first-order valence-corrected chi connectivity index (χ1v) is 11.0. The Labute approximate surface area is 182 Å². The lowest BCUT2D eigenvalue weighted by atomic mass is 10.3. The van der Waals surface area contributed by atoms with E-state index < -0.39 is 20.6 Å². The largest absolute Gasteiger partial charge is 0.484 e. The number of halogens is 2. The molecule has 1 saturated heterocycles. The first-order valence-electron chi connectivity index (χ1n) is 8.79. The van der Waals surface area contributed by atoms with Gasteiger partial charge in [0, 0.05) is 38.3 Å². The zero-order chi connectivity index (χ0) is 21.9. The van der Waals surface area contributed by atoms with Gasteiger partial charge in [0.25, 0.3) is 11.6 Å². The Hall–Kier alpha value is -2.40. The van der Waals surface area contributed by atoms with E-state index in [1.54, 1.807) is 12.1 Å². The molecule has 3 rings (SSSR count). The number of amides is 1. The molecule has 12 heteroatoms. The van der Waals surface area contributed by atoms with Gasteiger partial charge in [-0.2, -0.15) is 4.31 Å². The van der Waals surface area contributed by atoms with E-state index in [9.17, 15) is 23.3 Å². The smallest absolute Gasteiger partial charge is 0.289 e. The fraction of sp³-hybridized carbons (Fsp3) is 0.278. The zero-order valence-corrected chi connectivity index (χ0v) is 17.9. The van der Waals surface area contributed by atoms with E-state index >= 15 is 0 Å². The van der Waals surface area contributed by atoms with Crippen molar-refractivity contribution in [1.29, 1.82) is 0 Å². The number of nitro groups is 1. The molecule has 30 heavy (non-hydrogen) atoms. The van der Waals surface area contributed by atoms with E-state index in [4.69, 9.17) is 27.9 Å². The van der Waals surface area contributed by atoms with Gasteiger partial charge < -0.3 is 9.64 Å². The van der Waals surface area contributed by atoms with Crippen LogP contribution in [0.2, 0.25) is 10.0 Å². The fourth-order valence-electron chi connectivity index (χ4n) is 2.95. The van der Waals surface area contributed by atoms with Crippen LogP contribution in [-0.4, -0.2) is 61.2 Å². The summed E-state index contributed by atoms with van der Waals surface area (Å²) in [5.41, 5.74) is -0.481. The highest BCUT2D eigenvalue weighted by molar-refractivity contribution is 7.89. The van der Waals surface area contributed by atoms with Crippen molar-refractivity contribution in [3.05, 3.63) is 62.6 Å². The summed E-state index contributed by atoms with van der Waals surface area (Å²) in [4.78, 5) is 23.9. The molecule has 0 N–H and O–H groups in total. The number of carbonyl (C=O) groups excluding carboxylic acids is 1. The van der Waals surface area contributed by atoms with E-state index in [-0.39, 0.29) is 43.6 Å². The van der Waals surface area contributed by atoms with Crippen LogP contribution in [0, 0.1) is 10.1 Å². The first kappa shape index (κ1) is 22.3. The topological polar surface area (TPSA) is 110 Å².